The maximum Gasteiger partial charge on any atom is 0.573 e. The summed E-state index contributed by atoms with van der Waals surface area (Å²) in [5.41, 5.74) is 0.962. The Labute approximate surface area is 134 Å². The summed E-state index contributed by atoms with van der Waals surface area (Å²) in [6.45, 7) is 1.79. The van der Waals surface area contributed by atoms with Crippen LogP contribution in [0.15, 0.2) is 29.1 Å². The Morgan fingerprint density at radius 1 is 1.13 bits per heavy atom. The number of hydrogen-bond acceptors (Lipinski definition) is 4. The van der Waals surface area contributed by atoms with E-state index in [1.54, 1.807) is 0 Å². The van der Waals surface area contributed by atoms with Gasteiger partial charge in [-0.15, -0.1) is 13.2 Å². The molecular formula is C15H15F3N2O2S. The van der Waals surface area contributed by atoms with E-state index in [1.807, 2.05) is 0 Å². The molecule has 0 atom stereocenters. The van der Waals surface area contributed by atoms with E-state index in [4.69, 9.17) is 0 Å². The molecule has 0 amide bonds. The van der Waals surface area contributed by atoms with Crippen LogP contribution in [-0.2, 0) is 0 Å². The van der Waals surface area contributed by atoms with E-state index < -0.39 is 6.36 Å². The highest BCUT2D eigenvalue weighted by Gasteiger charge is 2.31. The molecule has 1 aromatic heterocycles. The van der Waals surface area contributed by atoms with Crippen molar-refractivity contribution in [3.8, 4) is 16.9 Å². The van der Waals surface area contributed by atoms with E-state index in [-0.39, 0.29) is 11.3 Å². The number of hydrogen-bond donors (Lipinski definition) is 2. The van der Waals surface area contributed by atoms with Gasteiger partial charge >= 0.3 is 6.36 Å². The molecule has 8 heteroatoms. The Hall–Kier alpha value is -1.80. The average molecular weight is 344 g/mol. The van der Waals surface area contributed by atoms with Gasteiger partial charge in [-0.25, -0.2) is 0 Å². The van der Waals surface area contributed by atoms with Gasteiger partial charge in [-0.3, -0.25) is 9.17 Å². The number of ether oxygens (including phenoxy) is 1. The van der Waals surface area contributed by atoms with E-state index in [9.17, 15) is 18.0 Å². The van der Waals surface area contributed by atoms with Crippen LogP contribution in [0.5, 0.6) is 5.75 Å². The molecule has 1 aliphatic heterocycles. The van der Waals surface area contributed by atoms with Crippen molar-refractivity contribution in [2.45, 2.75) is 25.1 Å². The van der Waals surface area contributed by atoms with Gasteiger partial charge < -0.3 is 10.1 Å². The minimum Gasteiger partial charge on any atom is -0.406 e. The van der Waals surface area contributed by atoms with E-state index in [0.29, 0.717) is 17.0 Å². The lowest BCUT2D eigenvalue weighted by Crippen LogP contribution is -2.26. The first-order valence-electron chi connectivity index (χ1n) is 7.22. The lowest BCUT2D eigenvalue weighted by Gasteiger charge is -2.22. The van der Waals surface area contributed by atoms with Crippen molar-refractivity contribution >= 4 is 11.5 Å². The quantitative estimate of drug-likeness (QED) is 0.896. The Morgan fingerprint density at radius 3 is 2.39 bits per heavy atom. The first-order chi connectivity index (χ1) is 10.9. The number of aromatic amines is 1. The maximum absolute atomic E-state index is 12.2. The number of aromatic nitrogens is 1. The summed E-state index contributed by atoms with van der Waals surface area (Å²) in [5, 5.41) is 3.27. The number of piperidine rings is 1. The minimum atomic E-state index is -4.72. The third-order valence-electron chi connectivity index (χ3n) is 3.81. The van der Waals surface area contributed by atoms with Crippen molar-refractivity contribution in [3.05, 3.63) is 39.5 Å². The van der Waals surface area contributed by atoms with E-state index in [1.165, 1.54) is 35.8 Å². The maximum atomic E-state index is 12.2. The topological polar surface area (TPSA) is 54.1 Å². The van der Waals surface area contributed by atoms with Gasteiger partial charge in [0.1, 0.15) is 5.75 Å². The summed E-state index contributed by atoms with van der Waals surface area (Å²) in [4.78, 5) is 13.1. The van der Waals surface area contributed by atoms with Crippen molar-refractivity contribution in [1.29, 1.82) is 0 Å². The number of alkyl halides is 3. The largest absolute Gasteiger partial charge is 0.573 e. The fourth-order valence-corrected chi connectivity index (χ4v) is 3.80. The number of benzene rings is 1. The number of halogens is 3. The summed E-state index contributed by atoms with van der Waals surface area (Å²) in [6, 6.07) is 5.43. The van der Waals surface area contributed by atoms with Gasteiger partial charge in [-0.1, -0.05) is 23.7 Å². The molecular weight excluding hydrogens is 329 g/mol. The molecule has 0 aliphatic carbocycles. The molecule has 1 aliphatic rings. The number of rotatable bonds is 3. The van der Waals surface area contributed by atoms with Crippen molar-refractivity contribution in [2.24, 2.45) is 0 Å². The normalized spacial score (nSPS) is 16.5. The molecule has 0 bridgehead atoms. The smallest absolute Gasteiger partial charge is 0.406 e. The van der Waals surface area contributed by atoms with Gasteiger partial charge in [-0.2, -0.15) is 0 Å². The molecule has 2 N–H and O–H groups in total. The average Bonchev–Trinajstić information content (AvgIpc) is 2.89. The predicted octanol–water partition coefficient (Wildman–Crippen LogP) is 3.47. The predicted molar refractivity (Wildman–Crippen MR) is 81.9 cm³/mol. The van der Waals surface area contributed by atoms with E-state index in [0.717, 1.165) is 30.8 Å². The van der Waals surface area contributed by atoms with Crippen LogP contribution in [0.4, 0.5) is 13.2 Å². The van der Waals surface area contributed by atoms with Crippen LogP contribution in [0.25, 0.3) is 11.1 Å². The second-order valence-electron chi connectivity index (χ2n) is 5.37. The number of nitrogens with one attached hydrogen (secondary N) is 2. The van der Waals surface area contributed by atoms with Crippen LogP contribution < -0.4 is 15.6 Å². The molecule has 1 saturated heterocycles. The third kappa shape index (κ3) is 3.76. The van der Waals surface area contributed by atoms with Gasteiger partial charge in [0, 0.05) is 4.88 Å². The zero-order chi connectivity index (χ0) is 16.4. The molecule has 3 rings (SSSR count). The Morgan fingerprint density at radius 2 is 1.78 bits per heavy atom. The zero-order valence-electron chi connectivity index (χ0n) is 12.1. The summed E-state index contributed by atoms with van der Waals surface area (Å²) in [6.07, 6.45) is -2.84. The lowest BCUT2D eigenvalue weighted by molar-refractivity contribution is -0.274. The Balaban J connectivity index is 1.89. The molecule has 4 nitrogen and oxygen atoms in total. The third-order valence-corrected chi connectivity index (χ3v) is 4.86. The van der Waals surface area contributed by atoms with Crippen LogP contribution in [0.1, 0.15) is 23.6 Å². The van der Waals surface area contributed by atoms with Gasteiger partial charge in [-0.05, 0) is 49.5 Å². The lowest BCUT2D eigenvalue weighted by atomic mass is 9.92. The highest BCUT2D eigenvalue weighted by atomic mass is 32.1. The molecule has 23 heavy (non-hydrogen) atoms. The van der Waals surface area contributed by atoms with Crippen molar-refractivity contribution < 1.29 is 17.9 Å². The molecule has 0 radical (unpaired) electrons. The second-order valence-corrected chi connectivity index (χ2v) is 6.22. The van der Waals surface area contributed by atoms with Crippen LogP contribution >= 0.6 is 11.5 Å². The van der Waals surface area contributed by atoms with E-state index in [2.05, 4.69) is 14.4 Å². The first-order valence-corrected chi connectivity index (χ1v) is 8.04. The van der Waals surface area contributed by atoms with Crippen LogP contribution in [-0.4, -0.2) is 23.8 Å². The van der Waals surface area contributed by atoms with E-state index >= 15 is 0 Å². The van der Waals surface area contributed by atoms with Crippen molar-refractivity contribution in [3.63, 3.8) is 0 Å². The van der Waals surface area contributed by atoms with Crippen LogP contribution in [0.3, 0.4) is 0 Å². The standard InChI is InChI=1S/C15H15F3N2O2S/c16-15(17,18)22-11-3-1-9(2-4-11)12-13(23-20-14(12)21)10-5-7-19-8-6-10/h1-4,10,19H,5-8H2,(H,20,21). The van der Waals surface area contributed by atoms with Crippen molar-refractivity contribution in [2.75, 3.05) is 13.1 Å². The van der Waals surface area contributed by atoms with Gasteiger partial charge in [0.25, 0.3) is 5.56 Å². The highest BCUT2D eigenvalue weighted by molar-refractivity contribution is 7.06. The minimum absolute atomic E-state index is 0.201. The molecule has 0 saturated carbocycles. The molecule has 1 aromatic carbocycles. The molecule has 0 unspecified atom stereocenters. The van der Waals surface area contributed by atoms with Crippen molar-refractivity contribution in [1.82, 2.24) is 9.69 Å². The second kappa shape index (κ2) is 6.37. The number of H-pyrrole nitrogens is 1. The summed E-state index contributed by atoms with van der Waals surface area (Å²) in [5.74, 6) is -0.00220. The zero-order valence-corrected chi connectivity index (χ0v) is 12.9. The molecule has 2 heterocycles. The highest BCUT2D eigenvalue weighted by Crippen LogP contribution is 2.35. The Kier molecular flexibility index (Phi) is 4.45. The van der Waals surface area contributed by atoms with Gasteiger partial charge in [0.2, 0.25) is 0 Å². The van der Waals surface area contributed by atoms with Gasteiger partial charge in [0.15, 0.2) is 0 Å². The fourth-order valence-electron chi connectivity index (χ4n) is 2.78. The monoisotopic (exact) mass is 344 g/mol. The summed E-state index contributed by atoms with van der Waals surface area (Å²) < 4.78 is 43.2. The van der Waals surface area contributed by atoms with Crippen LogP contribution in [0, 0.1) is 0 Å². The molecule has 1 fully saturated rings. The summed E-state index contributed by atoms with van der Waals surface area (Å²) in [7, 11) is 0. The first kappa shape index (κ1) is 16.1. The summed E-state index contributed by atoms with van der Waals surface area (Å²) >= 11 is 1.32. The molecule has 2 aromatic rings. The fraction of sp³-hybridized carbons (Fsp3) is 0.400. The van der Waals surface area contributed by atoms with Gasteiger partial charge in [0.05, 0.1) is 5.56 Å². The molecule has 124 valence electrons. The Bertz CT molecular complexity index is 716. The molecule has 0 spiro atoms. The van der Waals surface area contributed by atoms with Crippen LogP contribution in [0.2, 0.25) is 0 Å². The SMILES string of the molecule is O=c1[nH]sc(C2CCNCC2)c1-c1ccc(OC(F)(F)F)cc1.